The molecule has 0 aliphatic heterocycles. The maximum Gasteiger partial charge on any atom is 0.336 e. The number of hydrogen-bond acceptors (Lipinski definition) is 3. The first-order valence-electron chi connectivity index (χ1n) is 9.66. The predicted octanol–water partition coefficient (Wildman–Crippen LogP) is 4.86. The van der Waals surface area contributed by atoms with Crippen LogP contribution in [0.25, 0.3) is 21.7 Å². The molecule has 0 saturated carbocycles. The molecule has 2 heterocycles. The second kappa shape index (κ2) is 7.66. The van der Waals surface area contributed by atoms with Crippen LogP contribution >= 0.6 is 11.3 Å². The summed E-state index contributed by atoms with van der Waals surface area (Å²) in [5.41, 5.74) is 2.60. The van der Waals surface area contributed by atoms with Crippen LogP contribution in [0.5, 0.6) is 0 Å². The lowest BCUT2D eigenvalue weighted by Crippen LogP contribution is -2.83. The van der Waals surface area contributed by atoms with E-state index in [1.807, 2.05) is 30.3 Å². The smallest absolute Gasteiger partial charge is 0.336 e. The second-order valence-electron chi connectivity index (χ2n) is 7.09. The fourth-order valence-corrected chi connectivity index (χ4v) is 4.82. The highest BCUT2D eigenvalue weighted by molar-refractivity contribution is 7.10. The van der Waals surface area contributed by atoms with Gasteiger partial charge in [0.1, 0.15) is 18.2 Å². The van der Waals surface area contributed by atoms with Crippen molar-refractivity contribution in [2.45, 2.75) is 12.6 Å². The van der Waals surface area contributed by atoms with Crippen molar-refractivity contribution in [2.75, 3.05) is 0 Å². The quantitative estimate of drug-likeness (QED) is 0.339. The van der Waals surface area contributed by atoms with Crippen molar-refractivity contribution in [1.29, 1.82) is 0 Å². The van der Waals surface area contributed by atoms with E-state index in [9.17, 15) is 4.79 Å². The topological polar surface area (TPSA) is 46.8 Å². The number of rotatable bonds is 5. The van der Waals surface area contributed by atoms with Crippen LogP contribution in [-0.2, 0) is 6.54 Å². The first kappa shape index (κ1) is 17.9. The fourth-order valence-electron chi connectivity index (χ4n) is 3.97. The normalized spacial score (nSPS) is 12.4. The Hall–Kier alpha value is -3.21. The van der Waals surface area contributed by atoms with E-state index in [-0.39, 0.29) is 11.7 Å². The summed E-state index contributed by atoms with van der Waals surface area (Å²) >= 11 is 1.76. The van der Waals surface area contributed by atoms with E-state index in [1.165, 1.54) is 10.4 Å². The highest BCUT2D eigenvalue weighted by atomic mass is 32.1. The van der Waals surface area contributed by atoms with Gasteiger partial charge in [-0.3, -0.25) is 0 Å². The van der Waals surface area contributed by atoms with Gasteiger partial charge in [0.25, 0.3) is 0 Å². The zero-order chi connectivity index (χ0) is 19.6. The van der Waals surface area contributed by atoms with Crippen molar-refractivity contribution in [2.24, 2.45) is 0 Å². The van der Waals surface area contributed by atoms with Gasteiger partial charge in [0.05, 0.1) is 4.88 Å². The minimum Gasteiger partial charge on any atom is -0.423 e. The third-order valence-corrected chi connectivity index (χ3v) is 6.25. The molecule has 29 heavy (non-hydrogen) atoms. The molecule has 0 radical (unpaired) electrons. The SMILES string of the molecule is O=c1cc(C[NH2+][C@@H](c2ccccc2)c2cccs2)c2c(ccc3ccccc32)o1. The van der Waals surface area contributed by atoms with Gasteiger partial charge in [0.15, 0.2) is 0 Å². The molecule has 5 aromatic rings. The van der Waals surface area contributed by atoms with E-state index < -0.39 is 0 Å². The second-order valence-corrected chi connectivity index (χ2v) is 8.07. The molecule has 0 aliphatic rings. The summed E-state index contributed by atoms with van der Waals surface area (Å²) in [6, 6.07) is 28.7. The van der Waals surface area contributed by atoms with E-state index in [1.54, 1.807) is 17.4 Å². The van der Waals surface area contributed by atoms with Crippen LogP contribution in [0.15, 0.2) is 99.5 Å². The molecule has 2 N–H and O–H groups in total. The van der Waals surface area contributed by atoms with Gasteiger partial charge >= 0.3 is 5.63 Å². The number of fused-ring (bicyclic) bond motifs is 3. The fraction of sp³-hybridized carbons (Fsp3) is 0.0800. The van der Waals surface area contributed by atoms with Gasteiger partial charge < -0.3 is 9.73 Å². The molecular formula is C25H20NO2S+. The average Bonchev–Trinajstić information content (AvgIpc) is 3.28. The molecule has 142 valence electrons. The van der Waals surface area contributed by atoms with Crippen molar-refractivity contribution in [3.63, 3.8) is 0 Å². The van der Waals surface area contributed by atoms with Gasteiger partial charge in [-0.2, -0.15) is 0 Å². The van der Waals surface area contributed by atoms with Crippen LogP contribution in [0.1, 0.15) is 22.0 Å². The highest BCUT2D eigenvalue weighted by Gasteiger charge is 2.20. The number of benzene rings is 3. The van der Waals surface area contributed by atoms with E-state index in [2.05, 4.69) is 59.2 Å². The molecule has 0 amide bonds. The molecule has 1 atom stereocenters. The Morgan fingerprint density at radius 2 is 1.72 bits per heavy atom. The predicted molar refractivity (Wildman–Crippen MR) is 118 cm³/mol. The molecule has 0 spiro atoms. The zero-order valence-corrected chi connectivity index (χ0v) is 16.6. The van der Waals surface area contributed by atoms with Crippen molar-refractivity contribution in [3.8, 4) is 0 Å². The molecule has 3 aromatic carbocycles. The van der Waals surface area contributed by atoms with Crippen LogP contribution in [0, 0.1) is 0 Å². The molecule has 5 rings (SSSR count). The van der Waals surface area contributed by atoms with Crippen molar-refractivity contribution in [1.82, 2.24) is 0 Å². The number of quaternary nitrogens is 1. The summed E-state index contributed by atoms with van der Waals surface area (Å²) in [6.07, 6.45) is 0. The summed E-state index contributed by atoms with van der Waals surface area (Å²) in [7, 11) is 0. The summed E-state index contributed by atoms with van der Waals surface area (Å²) < 4.78 is 5.51. The summed E-state index contributed by atoms with van der Waals surface area (Å²) in [5, 5.41) is 7.70. The minimum absolute atomic E-state index is 0.188. The van der Waals surface area contributed by atoms with E-state index >= 15 is 0 Å². The molecule has 0 bridgehead atoms. The van der Waals surface area contributed by atoms with Gasteiger partial charge in [0.2, 0.25) is 0 Å². The standard InChI is InChI=1S/C25H19NO2S/c27-23-15-19(24-20-10-5-4-7-17(20)12-13-21(24)28-23)16-26-25(22-11-6-14-29-22)18-8-2-1-3-9-18/h1-15,25-26H,16H2/p+1/t25-/m0/s1. The minimum atomic E-state index is -0.302. The molecule has 0 saturated heterocycles. The maximum atomic E-state index is 12.2. The lowest BCUT2D eigenvalue weighted by atomic mass is 10.0. The summed E-state index contributed by atoms with van der Waals surface area (Å²) in [4.78, 5) is 13.5. The number of thiophene rings is 1. The average molecular weight is 399 g/mol. The van der Waals surface area contributed by atoms with E-state index in [0.717, 1.165) is 21.7 Å². The van der Waals surface area contributed by atoms with Gasteiger partial charge in [-0.1, -0.05) is 66.7 Å². The Kier molecular flexibility index (Phi) is 4.72. The molecule has 4 heteroatoms. The Morgan fingerprint density at radius 1 is 0.897 bits per heavy atom. The van der Waals surface area contributed by atoms with E-state index in [4.69, 9.17) is 4.42 Å². The van der Waals surface area contributed by atoms with Crippen molar-refractivity contribution in [3.05, 3.63) is 117 Å². The van der Waals surface area contributed by atoms with Gasteiger partial charge in [0, 0.05) is 22.6 Å². The summed E-state index contributed by atoms with van der Waals surface area (Å²) in [5.74, 6) is 0. The molecular weight excluding hydrogens is 378 g/mol. The Labute approximate surface area is 172 Å². The molecule has 2 aromatic heterocycles. The molecule has 0 fully saturated rings. The van der Waals surface area contributed by atoms with Crippen LogP contribution in [-0.4, -0.2) is 0 Å². The van der Waals surface area contributed by atoms with Crippen LogP contribution in [0.3, 0.4) is 0 Å². The lowest BCUT2D eigenvalue weighted by Gasteiger charge is -2.16. The highest BCUT2D eigenvalue weighted by Crippen LogP contribution is 2.28. The third-order valence-electron chi connectivity index (χ3n) is 5.30. The first-order chi connectivity index (χ1) is 14.3. The van der Waals surface area contributed by atoms with Crippen LogP contribution in [0.4, 0.5) is 0 Å². The molecule has 3 nitrogen and oxygen atoms in total. The number of nitrogens with two attached hydrogens (primary N) is 1. The van der Waals surface area contributed by atoms with Crippen molar-refractivity contribution < 1.29 is 9.73 Å². The Bertz CT molecular complexity index is 1320. The van der Waals surface area contributed by atoms with Gasteiger partial charge in [-0.05, 0) is 28.3 Å². The largest absolute Gasteiger partial charge is 0.423 e. The van der Waals surface area contributed by atoms with Gasteiger partial charge in [-0.15, -0.1) is 11.3 Å². The van der Waals surface area contributed by atoms with Crippen molar-refractivity contribution >= 4 is 33.1 Å². The number of hydrogen-bond donors (Lipinski definition) is 1. The Balaban J connectivity index is 1.59. The summed E-state index contributed by atoms with van der Waals surface area (Å²) in [6.45, 7) is 0.688. The third kappa shape index (κ3) is 3.48. The van der Waals surface area contributed by atoms with E-state index in [0.29, 0.717) is 12.1 Å². The Morgan fingerprint density at radius 3 is 2.55 bits per heavy atom. The monoisotopic (exact) mass is 398 g/mol. The molecule has 0 aliphatic carbocycles. The first-order valence-corrected chi connectivity index (χ1v) is 10.5. The molecule has 0 unspecified atom stereocenters. The van der Waals surface area contributed by atoms with Gasteiger partial charge in [-0.25, -0.2) is 4.79 Å². The lowest BCUT2D eigenvalue weighted by molar-refractivity contribution is -0.701. The van der Waals surface area contributed by atoms with Crippen LogP contribution in [0.2, 0.25) is 0 Å². The maximum absolute atomic E-state index is 12.2. The van der Waals surface area contributed by atoms with Crippen LogP contribution < -0.4 is 10.9 Å². The zero-order valence-electron chi connectivity index (χ0n) is 15.7.